The quantitative estimate of drug-likeness (QED) is 0.904. The maximum atomic E-state index is 6.17. The van der Waals surface area contributed by atoms with Gasteiger partial charge in [0.05, 0.1) is 5.02 Å². The van der Waals surface area contributed by atoms with Crippen LogP contribution in [0.2, 0.25) is 5.02 Å². The highest BCUT2D eigenvalue weighted by atomic mass is 79.9. The number of rotatable bonds is 4. The molecule has 1 fully saturated rings. The molecule has 0 aliphatic heterocycles. The summed E-state index contributed by atoms with van der Waals surface area (Å²) in [6.07, 6.45) is 5.26. The van der Waals surface area contributed by atoms with Crippen molar-refractivity contribution in [1.82, 2.24) is 4.90 Å². The summed E-state index contributed by atoms with van der Waals surface area (Å²) in [5, 5.41) is 0.755. The van der Waals surface area contributed by atoms with Gasteiger partial charge in [-0.05, 0) is 53.5 Å². The van der Waals surface area contributed by atoms with Gasteiger partial charge in [-0.25, -0.2) is 0 Å². The minimum absolute atomic E-state index is 0.263. The van der Waals surface area contributed by atoms with Gasteiger partial charge in [0, 0.05) is 23.1 Å². The van der Waals surface area contributed by atoms with E-state index in [2.05, 4.69) is 33.9 Å². The Balaban J connectivity index is 2.18. The first-order valence-corrected chi connectivity index (χ1v) is 7.67. The normalized spacial score (nSPS) is 18.5. The molecule has 2 nitrogen and oxygen atoms in total. The van der Waals surface area contributed by atoms with Gasteiger partial charge in [-0.2, -0.15) is 0 Å². The standard InChI is InChI=1S/C14H20BrClN2/c1-18(11-4-2-3-5-11)14(9-17)10-6-7-12(15)13(16)8-10/h6-8,11,14H,2-5,9,17H2,1H3. The Morgan fingerprint density at radius 3 is 2.67 bits per heavy atom. The second-order valence-electron chi connectivity index (χ2n) is 5.03. The summed E-state index contributed by atoms with van der Waals surface area (Å²) >= 11 is 9.60. The first-order valence-electron chi connectivity index (χ1n) is 6.50. The molecule has 18 heavy (non-hydrogen) atoms. The molecule has 2 N–H and O–H groups in total. The van der Waals surface area contributed by atoms with Gasteiger partial charge in [-0.3, -0.25) is 4.90 Å². The van der Waals surface area contributed by atoms with E-state index in [1.165, 1.54) is 31.2 Å². The molecule has 0 aromatic heterocycles. The lowest BCUT2D eigenvalue weighted by molar-refractivity contribution is 0.179. The Labute approximate surface area is 123 Å². The Kier molecular flexibility index (Phi) is 5.07. The van der Waals surface area contributed by atoms with Crippen LogP contribution in [0, 0.1) is 0 Å². The minimum Gasteiger partial charge on any atom is -0.329 e. The Hall–Kier alpha value is -0.0900. The molecule has 0 spiro atoms. The Morgan fingerprint density at radius 1 is 1.44 bits per heavy atom. The van der Waals surface area contributed by atoms with Crippen molar-refractivity contribution in [2.24, 2.45) is 5.73 Å². The van der Waals surface area contributed by atoms with E-state index in [1.54, 1.807) is 0 Å². The predicted octanol–water partition coefficient (Wildman–Crippen LogP) is 3.98. The van der Waals surface area contributed by atoms with Crippen molar-refractivity contribution in [3.8, 4) is 0 Å². The van der Waals surface area contributed by atoms with E-state index in [1.807, 2.05) is 12.1 Å². The van der Waals surface area contributed by atoms with Crippen molar-refractivity contribution < 1.29 is 0 Å². The van der Waals surface area contributed by atoms with Crippen molar-refractivity contribution in [1.29, 1.82) is 0 Å². The third-order valence-corrected chi connectivity index (χ3v) is 5.18. The van der Waals surface area contributed by atoms with Crippen molar-refractivity contribution in [3.63, 3.8) is 0 Å². The summed E-state index contributed by atoms with van der Waals surface area (Å²) in [4.78, 5) is 2.42. The summed E-state index contributed by atoms with van der Waals surface area (Å²) in [5.41, 5.74) is 7.17. The van der Waals surface area contributed by atoms with Gasteiger partial charge in [0.15, 0.2) is 0 Å². The molecular weight excluding hydrogens is 312 g/mol. The number of halogens is 2. The third kappa shape index (κ3) is 3.08. The molecule has 1 atom stereocenters. The predicted molar refractivity (Wildman–Crippen MR) is 81.0 cm³/mol. The smallest absolute Gasteiger partial charge is 0.0551 e. The molecule has 100 valence electrons. The summed E-state index contributed by atoms with van der Waals surface area (Å²) in [5.74, 6) is 0. The van der Waals surface area contributed by atoms with Crippen LogP contribution < -0.4 is 5.73 Å². The van der Waals surface area contributed by atoms with Gasteiger partial charge in [-0.15, -0.1) is 0 Å². The largest absolute Gasteiger partial charge is 0.329 e. The Bertz CT molecular complexity index is 405. The van der Waals surface area contributed by atoms with E-state index < -0.39 is 0 Å². The zero-order chi connectivity index (χ0) is 13.1. The van der Waals surface area contributed by atoms with Crippen LogP contribution in [0.15, 0.2) is 22.7 Å². The average molecular weight is 332 g/mol. The highest BCUT2D eigenvalue weighted by molar-refractivity contribution is 9.10. The highest BCUT2D eigenvalue weighted by Gasteiger charge is 2.26. The molecule has 1 aliphatic rings. The molecule has 0 amide bonds. The van der Waals surface area contributed by atoms with E-state index in [4.69, 9.17) is 17.3 Å². The highest BCUT2D eigenvalue weighted by Crippen LogP contribution is 2.32. The van der Waals surface area contributed by atoms with Gasteiger partial charge < -0.3 is 5.73 Å². The van der Waals surface area contributed by atoms with E-state index in [0.717, 1.165) is 9.50 Å². The fourth-order valence-corrected chi connectivity index (χ4v) is 3.26. The molecular formula is C14H20BrClN2. The van der Waals surface area contributed by atoms with Crippen LogP contribution >= 0.6 is 27.5 Å². The molecule has 1 aromatic carbocycles. The maximum absolute atomic E-state index is 6.17. The number of hydrogen-bond acceptors (Lipinski definition) is 2. The van der Waals surface area contributed by atoms with Gasteiger partial charge in [0.2, 0.25) is 0 Å². The summed E-state index contributed by atoms with van der Waals surface area (Å²) in [6, 6.07) is 7.07. The van der Waals surface area contributed by atoms with Crippen LogP contribution in [0.25, 0.3) is 0 Å². The zero-order valence-electron chi connectivity index (χ0n) is 10.7. The Morgan fingerprint density at radius 2 is 2.11 bits per heavy atom. The van der Waals surface area contributed by atoms with E-state index in [9.17, 15) is 0 Å². The number of nitrogens with zero attached hydrogens (tertiary/aromatic N) is 1. The lowest BCUT2D eigenvalue weighted by Crippen LogP contribution is -2.37. The third-order valence-electron chi connectivity index (χ3n) is 3.94. The number of likely N-dealkylation sites (N-methyl/N-ethyl adjacent to an activating group) is 1. The summed E-state index contributed by atoms with van der Waals surface area (Å²) < 4.78 is 0.937. The first kappa shape index (κ1) is 14.3. The van der Waals surface area contributed by atoms with Crippen LogP contribution in [-0.2, 0) is 0 Å². The number of nitrogens with two attached hydrogens (primary N) is 1. The zero-order valence-corrected chi connectivity index (χ0v) is 13.0. The number of benzene rings is 1. The van der Waals surface area contributed by atoms with E-state index in [0.29, 0.717) is 12.6 Å². The number of hydrogen-bond donors (Lipinski definition) is 1. The molecule has 0 bridgehead atoms. The fourth-order valence-electron chi connectivity index (χ4n) is 2.82. The molecule has 1 aliphatic carbocycles. The van der Waals surface area contributed by atoms with Gasteiger partial charge >= 0.3 is 0 Å². The van der Waals surface area contributed by atoms with Crippen molar-refractivity contribution >= 4 is 27.5 Å². The van der Waals surface area contributed by atoms with Crippen molar-refractivity contribution in [2.75, 3.05) is 13.6 Å². The second-order valence-corrected chi connectivity index (χ2v) is 6.29. The second kappa shape index (κ2) is 6.38. The molecule has 1 unspecified atom stereocenters. The lowest BCUT2D eigenvalue weighted by atomic mass is 10.0. The molecule has 0 heterocycles. The SMILES string of the molecule is CN(C1CCCC1)C(CN)c1ccc(Br)c(Cl)c1. The summed E-state index contributed by atoms with van der Waals surface area (Å²) in [7, 11) is 2.18. The van der Waals surface area contributed by atoms with Crippen LogP contribution in [0.5, 0.6) is 0 Å². The molecule has 0 radical (unpaired) electrons. The molecule has 1 saturated carbocycles. The van der Waals surface area contributed by atoms with Crippen molar-refractivity contribution in [2.45, 2.75) is 37.8 Å². The molecule has 4 heteroatoms. The average Bonchev–Trinajstić information content (AvgIpc) is 2.88. The monoisotopic (exact) mass is 330 g/mol. The van der Waals surface area contributed by atoms with E-state index in [-0.39, 0.29) is 6.04 Å². The van der Waals surface area contributed by atoms with E-state index >= 15 is 0 Å². The van der Waals surface area contributed by atoms with Gasteiger partial charge in [0.1, 0.15) is 0 Å². The summed E-state index contributed by atoms with van der Waals surface area (Å²) in [6.45, 7) is 0.630. The fraction of sp³-hybridized carbons (Fsp3) is 0.571. The van der Waals surface area contributed by atoms with Crippen molar-refractivity contribution in [3.05, 3.63) is 33.3 Å². The van der Waals surface area contributed by atoms with Gasteiger partial charge in [0.25, 0.3) is 0 Å². The van der Waals surface area contributed by atoms with Crippen LogP contribution in [0.1, 0.15) is 37.3 Å². The first-order chi connectivity index (χ1) is 8.63. The van der Waals surface area contributed by atoms with Gasteiger partial charge in [-0.1, -0.05) is 30.5 Å². The van der Waals surface area contributed by atoms with Crippen LogP contribution in [0.4, 0.5) is 0 Å². The maximum Gasteiger partial charge on any atom is 0.0551 e. The molecule has 2 rings (SSSR count). The lowest BCUT2D eigenvalue weighted by Gasteiger charge is -2.32. The molecule has 0 saturated heterocycles. The van der Waals surface area contributed by atoms with Crippen LogP contribution in [0.3, 0.4) is 0 Å². The minimum atomic E-state index is 0.263. The van der Waals surface area contributed by atoms with Crippen LogP contribution in [-0.4, -0.2) is 24.5 Å². The topological polar surface area (TPSA) is 29.3 Å². The molecule has 1 aromatic rings.